The molecule has 0 fully saturated rings. The van der Waals surface area contributed by atoms with Crippen LogP contribution in [0.4, 0.5) is 26.3 Å². The number of terminal acetylenes is 1. The van der Waals surface area contributed by atoms with E-state index in [2.05, 4.69) is 17.8 Å². The van der Waals surface area contributed by atoms with Crippen molar-refractivity contribution in [2.24, 2.45) is 0 Å². The second kappa shape index (κ2) is 6.94. The van der Waals surface area contributed by atoms with Crippen molar-refractivity contribution >= 4 is 0 Å². The van der Waals surface area contributed by atoms with Gasteiger partial charge >= 0.3 is 6.18 Å². The lowest BCUT2D eigenvalue weighted by Crippen LogP contribution is -2.45. The molecule has 0 bridgehead atoms. The summed E-state index contributed by atoms with van der Waals surface area (Å²) in [6.45, 7) is 0. The molecular formula is C19H10F6. The van der Waals surface area contributed by atoms with Gasteiger partial charge in [-0.1, -0.05) is 48.1 Å². The molecule has 2 aromatic rings. The van der Waals surface area contributed by atoms with Crippen molar-refractivity contribution in [1.29, 1.82) is 0 Å². The van der Waals surface area contributed by atoms with Crippen molar-refractivity contribution in [3.05, 3.63) is 70.8 Å². The van der Waals surface area contributed by atoms with Crippen molar-refractivity contribution in [3.8, 4) is 24.2 Å². The van der Waals surface area contributed by atoms with Crippen LogP contribution in [0.5, 0.6) is 0 Å². The zero-order valence-corrected chi connectivity index (χ0v) is 12.5. The first-order valence-corrected chi connectivity index (χ1v) is 6.92. The number of benzene rings is 2. The van der Waals surface area contributed by atoms with E-state index in [4.69, 9.17) is 6.42 Å². The first-order chi connectivity index (χ1) is 11.7. The van der Waals surface area contributed by atoms with E-state index in [1.54, 1.807) is 30.3 Å². The lowest BCUT2D eigenvalue weighted by molar-refractivity contribution is -0.274. The van der Waals surface area contributed by atoms with Gasteiger partial charge in [-0.2, -0.15) is 13.2 Å². The summed E-state index contributed by atoms with van der Waals surface area (Å²) in [5.41, 5.74) is -6.55. The Morgan fingerprint density at radius 1 is 0.840 bits per heavy atom. The molecule has 0 aliphatic heterocycles. The fraction of sp³-hybridized carbons (Fsp3) is 0.158. The number of halogens is 6. The fourth-order valence-corrected chi connectivity index (χ4v) is 2.16. The van der Waals surface area contributed by atoms with E-state index < -0.39 is 29.4 Å². The van der Waals surface area contributed by atoms with Crippen LogP contribution in [0.1, 0.15) is 22.3 Å². The summed E-state index contributed by atoms with van der Waals surface area (Å²) in [7, 11) is 0. The molecule has 0 heterocycles. The van der Waals surface area contributed by atoms with Gasteiger partial charge in [0.05, 0.1) is 0 Å². The molecule has 0 amide bonds. The third-order valence-corrected chi connectivity index (χ3v) is 3.43. The quantitative estimate of drug-likeness (QED) is 0.524. The van der Waals surface area contributed by atoms with Crippen LogP contribution in [-0.4, -0.2) is 12.6 Å². The minimum Gasteiger partial charge on any atom is -0.222 e. The molecule has 0 spiro atoms. The standard InChI is InChI=1S/C19H10F6/c1-2-14-9-6-10-16(18(22,17(20)21)19(23,24)25)15(14)12-11-13-7-4-3-5-8-13/h1,3-10,17H. The summed E-state index contributed by atoms with van der Waals surface area (Å²) in [5.74, 6) is 6.88. The van der Waals surface area contributed by atoms with E-state index in [1.165, 1.54) is 6.07 Å². The van der Waals surface area contributed by atoms with E-state index in [9.17, 15) is 26.3 Å². The van der Waals surface area contributed by atoms with Crippen LogP contribution in [0.25, 0.3) is 0 Å². The molecule has 0 nitrogen and oxygen atoms in total. The van der Waals surface area contributed by atoms with E-state index in [0.717, 1.165) is 6.07 Å². The SMILES string of the molecule is C#Cc1cccc(C(F)(C(F)F)C(F)(F)F)c1C#Cc1ccccc1. The van der Waals surface area contributed by atoms with Gasteiger partial charge < -0.3 is 0 Å². The molecule has 128 valence electrons. The molecule has 0 N–H and O–H groups in total. The van der Waals surface area contributed by atoms with Gasteiger partial charge in [-0.3, -0.25) is 0 Å². The molecule has 0 saturated heterocycles. The van der Waals surface area contributed by atoms with Crippen molar-refractivity contribution in [2.45, 2.75) is 18.3 Å². The Balaban J connectivity index is 2.73. The minimum absolute atomic E-state index is 0.201. The zero-order valence-electron chi connectivity index (χ0n) is 12.5. The van der Waals surface area contributed by atoms with Crippen LogP contribution >= 0.6 is 0 Å². The molecule has 25 heavy (non-hydrogen) atoms. The Kier molecular flexibility index (Phi) is 5.13. The summed E-state index contributed by atoms with van der Waals surface area (Å²) in [5, 5.41) is 0. The largest absolute Gasteiger partial charge is 0.432 e. The van der Waals surface area contributed by atoms with Crippen LogP contribution in [0.2, 0.25) is 0 Å². The summed E-state index contributed by atoms with van der Waals surface area (Å²) in [4.78, 5) is 0. The first kappa shape index (κ1) is 18.5. The highest BCUT2D eigenvalue weighted by Crippen LogP contribution is 2.48. The molecule has 0 saturated carbocycles. The normalized spacial score (nSPS) is 13.5. The van der Waals surface area contributed by atoms with E-state index in [-0.39, 0.29) is 5.56 Å². The molecule has 0 aromatic heterocycles. The highest BCUT2D eigenvalue weighted by Gasteiger charge is 2.64. The van der Waals surface area contributed by atoms with Gasteiger partial charge in [0.25, 0.3) is 12.1 Å². The summed E-state index contributed by atoms with van der Waals surface area (Å²) in [6, 6.07) is 10.9. The maximum absolute atomic E-state index is 14.4. The second-order valence-electron chi connectivity index (χ2n) is 5.00. The van der Waals surface area contributed by atoms with Gasteiger partial charge in [0.2, 0.25) is 0 Å². The van der Waals surface area contributed by atoms with Gasteiger partial charge in [0.1, 0.15) is 0 Å². The molecule has 0 aliphatic rings. The predicted molar refractivity (Wildman–Crippen MR) is 81.6 cm³/mol. The van der Waals surface area contributed by atoms with Gasteiger partial charge in [-0.05, 0) is 18.2 Å². The van der Waals surface area contributed by atoms with Crippen LogP contribution in [0, 0.1) is 24.2 Å². The monoisotopic (exact) mass is 352 g/mol. The number of hydrogen-bond donors (Lipinski definition) is 0. The summed E-state index contributed by atoms with van der Waals surface area (Å²) >= 11 is 0. The third kappa shape index (κ3) is 3.49. The van der Waals surface area contributed by atoms with E-state index in [0.29, 0.717) is 11.6 Å². The van der Waals surface area contributed by atoms with Gasteiger partial charge in [0.15, 0.2) is 0 Å². The summed E-state index contributed by atoms with van der Waals surface area (Å²) < 4.78 is 79.7. The Labute approximate surface area is 140 Å². The average Bonchev–Trinajstić information content (AvgIpc) is 2.58. The second-order valence-corrected chi connectivity index (χ2v) is 5.00. The highest BCUT2D eigenvalue weighted by molar-refractivity contribution is 5.57. The van der Waals surface area contributed by atoms with Crippen molar-refractivity contribution in [3.63, 3.8) is 0 Å². The summed E-state index contributed by atoms with van der Waals surface area (Å²) in [6.07, 6.45) is -4.96. The number of hydrogen-bond acceptors (Lipinski definition) is 0. The smallest absolute Gasteiger partial charge is 0.222 e. The van der Waals surface area contributed by atoms with Crippen molar-refractivity contribution < 1.29 is 26.3 Å². The maximum Gasteiger partial charge on any atom is 0.432 e. The number of alkyl halides is 6. The molecule has 1 unspecified atom stereocenters. The molecular weight excluding hydrogens is 342 g/mol. The molecule has 1 atom stereocenters. The van der Waals surface area contributed by atoms with Gasteiger partial charge in [-0.25, -0.2) is 13.2 Å². The molecule has 6 heteroatoms. The van der Waals surface area contributed by atoms with Crippen LogP contribution < -0.4 is 0 Å². The van der Waals surface area contributed by atoms with Gasteiger partial charge in [0, 0.05) is 22.3 Å². The molecule has 2 rings (SSSR count). The van der Waals surface area contributed by atoms with E-state index in [1.807, 2.05) is 0 Å². The molecule has 0 radical (unpaired) electrons. The average molecular weight is 352 g/mol. The van der Waals surface area contributed by atoms with E-state index >= 15 is 0 Å². The predicted octanol–water partition coefficient (Wildman–Crippen LogP) is 5.06. The lowest BCUT2D eigenvalue weighted by Gasteiger charge is -2.28. The topological polar surface area (TPSA) is 0 Å². The van der Waals surface area contributed by atoms with Crippen LogP contribution in [0.3, 0.4) is 0 Å². The highest BCUT2D eigenvalue weighted by atomic mass is 19.4. The van der Waals surface area contributed by atoms with Crippen molar-refractivity contribution in [2.75, 3.05) is 0 Å². The van der Waals surface area contributed by atoms with Gasteiger partial charge in [-0.15, -0.1) is 6.42 Å². The number of rotatable bonds is 2. The Hall–Kier alpha value is -2.86. The van der Waals surface area contributed by atoms with Crippen LogP contribution in [-0.2, 0) is 5.67 Å². The first-order valence-electron chi connectivity index (χ1n) is 6.92. The van der Waals surface area contributed by atoms with Crippen molar-refractivity contribution in [1.82, 2.24) is 0 Å². The lowest BCUT2D eigenvalue weighted by atomic mass is 9.88. The zero-order chi connectivity index (χ0) is 18.7. The Morgan fingerprint density at radius 3 is 2.00 bits per heavy atom. The molecule has 0 aliphatic carbocycles. The minimum atomic E-state index is -5.84. The molecule has 2 aromatic carbocycles. The Morgan fingerprint density at radius 2 is 1.48 bits per heavy atom. The Bertz CT molecular complexity index is 849. The fourth-order valence-electron chi connectivity index (χ4n) is 2.16. The van der Waals surface area contributed by atoms with Crippen LogP contribution in [0.15, 0.2) is 48.5 Å². The maximum atomic E-state index is 14.4. The third-order valence-electron chi connectivity index (χ3n) is 3.43.